The normalized spacial score (nSPS) is 19.5. The Bertz CT molecular complexity index is 629. The number of benzene rings is 1. The molecule has 3 rings (SSSR count). The minimum atomic E-state index is 0.263. The van der Waals surface area contributed by atoms with E-state index in [0.29, 0.717) is 12.3 Å². The number of aromatic nitrogens is 1. The quantitative estimate of drug-likeness (QED) is 0.893. The first-order valence-corrected chi connectivity index (χ1v) is 7.48. The molecule has 0 radical (unpaired) electrons. The smallest absolute Gasteiger partial charge is 0.227 e. The van der Waals surface area contributed by atoms with Gasteiger partial charge in [0.1, 0.15) is 0 Å². The Balaban J connectivity index is 1.79. The molecule has 1 unspecified atom stereocenters. The number of carbonyl (C=O) groups excluding carboxylic acids is 1. The average molecular weight is 270 g/mol. The largest absolute Gasteiger partial charge is 0.361 e. The molecule has 1 amide bonds. The minimum Gasteiger partial charge on any atom is -0.361 e. The molecule has 1 N–H and O–H groups in total. The molecule has 2 aromatic rings. The molecule has 20 heavy (non-hydrogen) atoms. The molecule has 1 aromatic heterocycles. The van der Waals surface area contributed by atoms with Crippen molar-refractivity contribution in [2.24, 2.45) is 5.92 Å². The maximum atomic E-state index is 12.5. The predicted octanol–water partition coefficient (Wildman–Crippen LogP) is 3.28. The maximum Gasteiger partial charge on any atom is 0.227 e. The number of nitrogens with one attached hydrogen (secondary N) is 1. The first-order chi connectivity index (χ1) is 9.65. The zero-order valence-electron chi connectivity index (χ0n) is 12.3. The zero-order chi connectivity index (χ0) is 14.1. The monoisotopic (exact) mass is 270 g/mol. The SMILES string of the molecule is Cc1cccc2c(CC(=O)N3CCCC(C)C3)c[nH]c12. The number of amides is 1. The minimum absolute atomic E-state index is 0.263. The van der Waals surface area contributed by atoms with Crippen molar-refractivity contribution in [3.63, 3.8) is 0 Å². The van der Waals surface area contributed by atoms with Crippen molar-refractivity contribution in [1.29, 1.82) is 0 Å². The third kappa shape index (κ3) is 2.45. The van der Waals surface area contributed by atoms with E-state index in [1.807, 2.05) is 11.1 Å². The van der Waals surface area contributed by atoms with Crippen LogP contribution in [0.2, 0.25) is 0 Å². The second-order valence-corrected chi connectivity index (χ2v) is 6.08. The highest BCUT2D eigenvalue weighted by molar-refractivity contribution is 5.90. The van der Waals surface area contributed by atoms with Crippen molar-refractivity contribution in [3.05, 3.63) is 35.5 Å². The summed E-state index contributed by atoms with van der Waals surface area (Å²) in [5.41, 5.74) is 3.50. The average Bonchev–Trinajstić information content (AvgIpc) is 2.83. The maximum absolute atomic E-state index is 12.5. The summed E-state index contributed by atoms with van der Waals surface area (Å²) in [6.45, 7) is 6.16. The van der Waals surface area contributed by atoms with E-state index in [4.69, 9.17) is 0 Å². The number of piperidine rings is 1. The number of aromatic amines is 1. The van der Waals surface area contributed by atoms with Crippen molar-refractivity contribution in [2.45, 2.75) is 33.1 Å². The van der Waals surface area contributed by atoms with Gasteiger partial charge >= 0.3 is 0 Å². The van der Waals surface area contributed by atoms with Gasteiger partial charge in [-0.1, -0.05) is 25.1 Å². The molecule has 0 saturated carbocycles. The van der Waals surface area contributed by atoms with Crippen LogP contribution in [0.5, 0.6) is 0 Å². The molecule has 1 atom stereocenters. The van der Waals surface area contributed by atoms with E-state index in [1.165, 1.54) is 17.4 Å². The van der Waals surface area contributed by atoms with E-state index in [2.05, 4.69) is 37.0 Å². The number of aryl methyl sites for hydroxylation is 1. The number of nitrogens with zero attached hydrogens (tertiary/aromatic N) is 1. The summed E-state index contributed by atoms with van der Waals surface area (Å²) in [4.78, 5) is 17.8. The highest BCUT2D eigenvalue weighted by Gasteiger charge is 2.21. The van der Waals surface area contributed by atoms with Crippen LogP contribution in [0.1, 0.15) is 30.9 Å². The van der Waals surface area contributed by atoms with Crippen molar-refractivity contribution in [3.8, 4) is 0 Å². The second kappa shape index (κ2) is 5.31. The van der Waals surface area contributed by atoms with E-state index in [-0.39, 0.29) is 5.91 Å². The number of hydrogen-bond donors (Lipinski definition) is 1. The number of H-pyrrole nitrogens is 1. The fourth-order valence-electron chi connectivity index (χ4n) is 3.20. The van der Waals surface area contributed by atoms with Gasteiger partial charge in [0.25, 0.3) is 0 Å². The molecule has 0 bridgehead atoms. The Labute approximate surface area is 120 Å². The Hall–Kier alpha value is -1.77. The Morgan fingerprint density at radius 1 is 1.45 bits per heavy atom. The highest BCUT2D eigenvalue weighted by Crippen LogP contribution is 2.23. The van der Waals surface area contributed by atoms with Crippen LogP contribution in [0.3, 0.4) is 0 Å². The van der Waals surface area contributed by atoms with Gasteiger partial charge in [-0.2, -0.15) is 0 Å². The van der Waals surface area contributed by atoms with Gasteiger partial charge in [0.15, 0.2) is 0 Å². The van der Waals surface area contributed by atoms with Crippen LogP contribution in [0, 0.1) is 12.8 Å². The second-order valence-electron chi connectivity index (χ2n) is 6.08. The first-order valence-electron chi connectivity index (χ1n) is 7.48. The summed E-state index contributed by atoms with van der Waals surface area (Å²) in [6.07, 6.45) is 4.88. The van der Waals surface area contributed by atoms with Gasteiger partial charge < -0.3 is 9.88 Å². The van der Waals surface area contributed by atoms with E-state index >= 15 is 0 Å². The van der Waals surface area contributed by atoms with Crippen molar-refractivity contribution < 1.29 is 4.79 Å². The molecular weight excluding hydrogens is 248 g/mol. The lowest BCUT2D eigenvalue weighted by Crippen LogP contribution is -2.39. The standard InChI is InChI=1S/C17H22N2O/c1-12-5-4-8-19(11-12)16(20)9-14-10-18-17-13(2)6-3-7-15(14)17/h3,6-7,10,12,18H,4-5,8-9,11H2,1-2H3. The van der Waals surface area contributed by atoms with Gasteiger partial charge in [0, 0.05) is 30.2 Å². The van der Waals surface area contributed by atoms with Crippen LogP contribution in [-0.4, -0.2) is 28.9 Å². The summed E-state index contributed by atoms with van der Waals surface area (Å²) < 4.78 is 0. The molecule has 3 nitrogen and oxygen atoms in total. The van der Waals surface area contributed by atoms with Crippen molar-refractivity contribution in [2.75, 3.05) is 13.1 Å². The molecule has 1 aromatic carbocycles. The summed E-state index contributed by atoms with van der Waals surface area (Å²) >= 11 is 0. The Morgan fingerprint density at radius 2 is 2.30 bits per heavy atom. The van der Waals surface area contributed by atoms with E-state index in [0.717, 1.165) is 30.6 Å². The Morgan fingerprint density at radius 3 is 3.10 bits per heavy atom. The lowest BCUT2D eigenvalue weighted by molar-refractivity contribution is -0.132. The van der Waals surface area contributed by atoms with E-state index in [1.54, 1.807) is 0 Å². The summed E-state index contributed by atoms with van der Waals surface area (Å²) in [5, 5.41) is 1.18. The predicted molar refractivity (Wildman–Crippen MR) is 81.7 cm³/mol. The lowest BCUT2D eigenvalue weighted by atomic mass is 9.99. The van der Waals surface area contributed by atoms with Gasteiger partial charge in [0.05, 0.1) is 6.42 Å². The summed E-state index contributed by atoms with van der Waals surface area (Å²) in [7, 11) is 0. The third-order valence-corrected chi connectivity index (χ3v) is 4.36. The van der Waals surface area contributed by atoms with E-state index < -0.39 is 0 Å². The third-order valence-electron chi connectivity index (χ3n) is 4.36. The number of carbonyl (C=O) groups is 1. The van der Waals surface area contributed by atoms with Crippen LogP contribution in [-0.2, 0) is 11.2 Å². The first kappa shape index (κ1) is 13.2. The number of hydrogen-bond acceptors (Lipinski definition) is 1. The summed E-state index contributed by atoms with van der Waals surface area (Å²) in [5.74, 6) is 0.900. The molecule has 0 spiro atoms. The topological polar surface area (TPSA) is 36.1 Å². The lowest BCUT2D eigenvalue weighted by Gasteiger charge is -2.31. The molecule has 106 valence electrons. The van der Waals surface area contributed by atoms with Crippen LogP contribution in [0.15, 0.2) is 24.4 Å². The molecule has 3 heteroatoms. The van der Waals surface area contributed by atoms with Gasteiger partial charge in [-0.15, -0.1) is 0 Å². The van der Waals surface area contributed by atoms with Crippen molar-refractivity contribution >= 4 is 16.8 Å². The summed E-state index contributed by atoms with van der Waals surface area (Å²) in [6, 6.07) is 6.25. The number of para-hydroxylation sites is 1. The fourth-order valence-corrected chi connectivity index (χ4v) is 3.20. The molecule has 2 heterocycles. The molecule has 1 aliphatic heterocycles. The number of rotatable bonds is 2. The molecule has 1 fully saturated rings. The Kier molecular flexibility index (Phi) is 3.51. The van der Waals surface area contributed by atoms with Gasteiger partial charge in [0.2, 0.25) is 5.91 Å². The van der Waals surface area contributed by atoms with Gasteiger partial charge in [-0.3, -0.25) is 4.79 Å². The van der Waals surface area contributed by atoms with Crippen LogP contribution in [0.25, 0.3) is 10.9 Å². The van der Waals surface area contributed by atoms with Crippen LogP contribution < -0.4 is 0 Å². The zero-order valence-corrected chi connectivity index (χ0v) is 12.3. The molecule has 0 aliphatic carbocycles. The van der Waals surface area contributed by atoms with Crippen LogP contribution >= 0.6 is 0 Å². The van der Waals surface area contributed by atoms with E-state index in [9.17, 15) is 4.79 Å². The number of fused-ring (bicyclic) bond motifs is 1. The van der Waals surface area contributed by atoms with Crippen molar-refractivity contribution in [1.82, 2.24) is 9.88 Å². The van der Waals surface area contributed by atoms with Gasteiger partial charge in [-0.25, -0.2) is 0 Å². The van der Waals surface area contributed by atoms with Crippen LogP contribution in [0.4, 0.5) is 0 Å². The fraction of sp³-hybridized carbons (Fsp3) is 0.471. The number of likely N-dealkylation sites (tertiary alicyclic amines) is 1. The molecule has 1 aliphatic rings. The molecular formula is C17H22N2O. The highest BCUT2D eigenvalue weighted by atomic mass is 16.2. The van der Waals surface area contributed by atoms with Gasteiger partial charge in [-0.05, 0) is 36.8 Å². The molecule has 1 saturated heterocycles.